The van der Waals surface area contributed by atoms with Gasteiger partial charge in [-0.3, -0.25) is 0 Å². The number of likely N-dealkylation sites (N-methyl/N-ethyl adjacent to an activating group) is 1. The molecule has 0 amide bonds. The third-order valence-corrected chi connectivity index (χ3v) is 4.41. The van der Waals surface area contributed by atoms with Gasteiger partial charge in [0, 0.05) is 19.0 Å². The molecule has 3 rings (SSSR count). The molecule has 1 atom stereocenters. The van der Waals surface area contributed by atoms with Crippen LogP contribution in [0.2, 0.25) is 0 Å². The highest BCUT2D eigenvalue weighted by molar-refractivity contribution is 5.46. The molecule has 1 nitrogen and oxygen atoms in total. The Morgan fingerprint density at radius 3 is 2.47 bits per heavy atom. The van der Waals surface area contributed by atoms with E-state index in [-0.39, 0.29) is 0 Å². The van der Waals surface area contributed by atoms with Crippen molar-refractivity contribution in [2.45, 2.75) is 26.3 Å². The summed E-state index contributed by atoms with van der Waals surface area (Å²) >= 11 is 0. The molecule has 0 fully saturated rings. The fourth-order valence-electron chi connectivity index (χ4n) is 3.15. The van der Waals surface area contributed by atoms with Gasteiger partial charge in [0.15, 0.2) is 0 Å². The molecule has 0 aliphatic carbocycles. The monoisotopic (exact) mass is 251 g/mol. The van der Waals surface area contributed by atoms with Gasteiger partial charge < -0.3 is 4.90 Å². The zero-order valence-electron chi connectivity index (χ0n) is 12.0. The minimum absolute atomic E-state index is 0.509. The van der Waals surface area contributed by atoms with Gasteiger partial charge in [-0.05, 0) is 48.7 Å². The van der Waals surface area contributed by atoms with Gasteiger partial charge in [0.2, 0.25) is 0 Å². The van der Waals surface area contributed by atoms with Gasteiger partial charge in [0.25, 0.3) is 0 Å². The molecule has 98 valence electrons. The Kier molecular flexibility index (Phi) is 3.16. The molecule has 0 N–H and O–H groups in total. The number of nitrogens with zero attached hydrogens (tertiary/aromatic N) is 1. The van der Waals surface area contributed by atoms with Crippen molar-refractivity contribution in [2.24, 2.45) is 0 Å². The fourth-order valence-corrected chi connectivity index (χ4v) is 3.15. The van der Waals surface area contributed by atoms with E-state index < -0.39 is 0 Å². The van der Waals surface area contributed by atoms with Crippen LogP contribution in [-0.2, 0) is 6.54 Å². The molecular formula is C18H21N. The Bertz CT molecular complexity index is 586. The maximum absolute atomic E-state index is 2.44. The van der Waals surface area contributed by atoms with E-state index in [0.29, 0.717) is 5.92 Å². The minimum atomic E-state index is 0.509. The first-order chi connectivity index (χ1) is 9.16. The molecule has 2 aromatic carbocycles. The number of hydrogen-bond acceptors (Lipinski definition) is 1. The minimum Gasteiger partial charge on any atom is -0.301 e. The summed E-state index contributed by atoms with van der Waals surface area (Å²) in [7, 11) is 2.22. The van der Waals surface area contributed by atoms with Gasteiger partial charge in [-0.25, -0.2) is 0 Å². The average molecular weight is 251 g/mol. The van der Waals surface area contributed by atoms with E-state index in [4.69, 9.17) is 0 Å². The molecule has 0 unspecified atom stereocenters. The van der Waals surface area contributed by atoms with E-state index in [1.54, 1.807) is 0 Å². The lowest BCUT2D eigenvalue weighted by Gasteiger charge is -2.34. The van der Waals surface area contributed by atoms with Crippen LogP contribution in [0.3, 0.4) is 0 Å². The standard InChI is InChI=1S/C18H21N/c1-13-9-10-16-17(14(13)2)11-19(3)12-18(16)15-7-5-4-6-8-15/h4-10,18H,11-12H2,1-3H3/t18-/m0/s1. The SMILES string of the molecule is Cc1ccc2c(c1C)CN(C)C[C@H]2c1ccccc1. The smallest absolute Gasteiger partial charge is 0.0236 e. The number of aryl methyl sites for hydroxylation is 1. The van der Waals surface area contributed by atoms with Crippen molar-refractivity contribution in [2.75, 3.05) is 13.6 Å². The van der Waals surface area contributed by atoms with Crippen molar-refractivity contribution >= 4 is 0 Å². The second-order valence-electron chi connectivity index (χ2n) is 5.74. The molecule has 19 heavy (non-hydrogen) atoms. The molecule has 0 spiro atoms. The first-order valence-corrected chi connectivity index (χ1v) is 6.99. The Morgan fingerprint density at radius 2 is 1.74 bits per heavy atom. The maximum atomic E-state index is 2.44. The van der Waals surface area contributed by atoms with Gasteiger partial charge in [0.05, 0.1) is 0 Å². The highest BCUT2D eigenvalue weighted by Gasteiger charge is 2.25. The van der Waals surface area contributed by atoms with Crippen molar-refractivity contribution in [3.05, 3.63) is 70.3 Å². The van der Waals surface area contributed by atoms with Crippen molar-refractivity contribution in [3.8, 4) is 0 Å². The van der Waals surface area contributed by atoms with Gasteiger partial charge in [-0.2, -0.15) is 0 Å². The molecule has 0 radical (unpaired) electrons. The highest BCUT2D eigenvalue weighted by atomic mass is 15.1. The number of hydrogen-bond donors (Lipinski definition) is 0. The summed E-state index contributed by atoms with van der Waals surface area (Å²) in [5.41, 5.74) is 7.35. The molecule has 0 saturated carbocycles. The molecule has 1 aliphatic rings. The van der Waals surface area contributed by atoms with Crippen LogP contribution in [0.1, 0.15) is 33.7 Å². The topological polar surface area (TPSA) is 3.24 Å². The first kappa shape index (κ1) is 12.4. The zero-order chi connectivity index (χ0) is 13.4. The summed E-state index contributed by atoms with van der Waals surface area (Å²) in [6.45, 7) is 6.66. The van der Waals surface area contributed by atoms with Crippen LogP contribution in [-0.4, -0.2) is 18.5 Å². The van der Waals surface area contributed by atoms with E-state index in [1.165, 1.54) is 27.8 Å². The van der Waals surface area contributed by atoms with E-state index in [2.05, 4.69) is 68.3 Å². The van der Waals surface area contributed by atoms with Crippen LogP contribution in [0.5, 0.6) is 0 Å². The second-order valence-corrected chi connectivity index (χ2v) is 5.74. The summed E-state index contributed by atoms with van der Waals surface area (Å²) in [6.07, 6.45) is 0. The quantitative estimate of drug-likeness (QED) is 0.743. The molecule has 1 aliphatic heterocycles. The highest BCUT2D eigenvalue weighted by Crippen LogP contribution is 2.35. The number of benzene rings is 2. The number of fused-ring (bicyclic) bond motifs is 1. The van der Waals surface area contributed by atoms with Crippen molar-refractivity contribution in [1.29, 1.82) is 0 Å². The maximum Gasteiger partial charge on any atom is 0.0236 e. The van der Waals surface area contributed by atoms with E-state index in [0.717, 1.165) is 13.1 Å². The van der Waals surface area contributed by atoms with Gasteiger partial charge in [-0.1, -0.05) is 42.5 Å². The third-order valence-electron chi connectivity index (χ3n) is 4.41. The normalized spacial score (nSPS) is 19.2. The Balaban J connectivity index is 2.13. The van der Waals surface area contributed by atoms with E-state index in [9.17, 15) is 0 Å². The van der Waals surface area contributed by atoms with Crippen LogP contribution in [0.25, 0.3) is 0 Å². The molecule has 1 heteroatoms. The predicted molar refractivity (Wildman–Crippen MR) is 80.5 cm³/mol. The molecule has 2 aromatic rings. The van der Waals surface area contributed by atoms with Gasteiger partial charge in [-0.15, -0.1) is 0 Å². The number of rotatable bonds is 1. The average Bonchev–Trinajstić information content (AvgIpc) is 2.44. The van der Waals surface area contributed by atoms with Crippen LogP contribution in [0.15, 0.2) is 42.5 Å². The summed E-state index contributed by atoms with van der Waals surface area (Å²) in [5, 5.41) is 0. The van der Waals surface area contributed by atoms with Crippen LogP contribution in [0, 0.1) is 13.8 Å². The summed E-state index contributed by atoms with van der Waals surface area (Å²) in [6, 6.07) is 15.5. The Labute approximate surface area is 115 Å². The van der Waals surface area contributed by atoms with Crippen molar-refractivity contribution in [1.82, 2.24) is 4.90 Å². The van der Waals surface area contributed by atoms with Crippen LogP contribution >= 0.6 is 0 Å². The van der Waals surface area contributed by atoms with Gasteiger partial charge >= 0.3 is 0 Å². The molecule has 0 aromatic heterocycles. The van der Waals surface area contributed by atoms with E-state index in [1.807, 2.05) is 0 Å². The lowest BCUT2D eigenvalue weighted by molar-refractivity contribution is 0.294. The third kappa shape index (κ3) is 2.19. The molecular weight excluding hydrogens is 230 g/mol. The summed E-state index contributed by atoms with van der Waals surface area (Å²) in [5.74, 6) is 0.509. The second kappa shape index (κ2) is 4.82. The molecule has 0 bridgehead atoms. The fraction of sp³-hybridized carbons (Fsp3) is 0.333. The van der Waals surface area contributed by atoms with Crippen LogP contribution < -0.4 is 0 Å². The van der Waals surface area contributed by atoms with Crippen molar-refractivity contribution in [3.63, 3.8) is 0 Å². The predicted octanol–water partition coefficient (Wildman–Crippen LogP) is 3.88. The summed E-state index contributed by atoms with van der Waals surface area (Å²) < 4.78 is 0. The Morgan fingerprint density at radius 1 is 1.00 bits per heavy atom. The zero-order valence-corrected chi connectivity index (χ0v) is 12.0. The van der Waals surface area contributed by atoms with Gasteiger partial charge in [0.1, 0.15) is 0 Å². The molecule has 1 heterocycles. The Hall–Kier alpha value is -1.60. The van der Waals surface area contributed by atoms with Crippen LogP contribution in [0.4, 0.5) is 0 Å². The molecule has 0 saturated heterocycles. The lowest BCUT2D eigenvalue weighted by atomic mass is 9.82. The van der Waals surface area contributed by atoms with E-state index >= 15 is 0 Å². The largest absolute Gasteiger partial charge is 0.301 e. The van der Waals surface area contributed by atoms with Crippen molar-refractivity contribution < 1.29 is 0 Å². The summed E-state index contributed by atoms with van der Waals surface area (Å²) in [4.78, 5) is 2.44. The first-order valence-electron chi connectivity index (χ1n) is 6.99. The lowest BCUT2D eigenvalue weighted by Crippen LogP contribution is -2.31.